The minimum Gasteiger partial charge on any atom is -0.542 e. The van der Waals surface area contributed by atoms with Crippen molar-refractivity contribution >= 4 is 52.4 Å². The number of nitrogens with zero attached hydrogens (tertiary/aromatic N) is 4. The van der Waals surface area contributed by atoms with Gasteiger partial charge in [-0.2, -0.15) is 0 Å². The van der Waals surface area contributed by atoms with Crippen molar-refractivity contribution in [2.24, 2.45) is 0 Å². The van der Waals surface area contributed by atoms with Crippen LogP contribution in [0.25, 0.3) is 0 Å². The van der Waals surface area contributed by atoms with E-state index in [1.165, 1.54) is 42.3 Å². The Kier molecular flexibility index (Phi) is 18.9. The number of hydrogen-bond donors (Lipinski definition) is 3. The number of rotatable bonds is 12. The van der Waals surface area contributed by atoms with Gasteiger partial charge in [0.15, 0.2) is 0 Å². The van der Waals surface area contributed by atoms with Crippen molar-refractivity contribution in [3.63, 3.8) is 0 Å². The van der Waals surface area contributed by atoms with Gasteiger partial charge in [-0.05, 0) is 118 Å². The van der Waals surface area contributed by atoms with Crippen molar-refractivity contribution in [2.45, 2.75) is 101 Å². The van der Waals surface area contributed by atoms with Gasteiger partial charge in [0.2, 0.25) is 20.0 Å². The fourth-order valence-electron chi connectivity index (χ4n) is 6.80. The van der Waals surface area contributed by atoms with Crippen LogP contribution in [0.1, 0.15) is 70.4 Å². The first-order valence-corrected chi connectivity index (χ1v) is 26.9. The molecule has 13 nitrogen and oxygen atoms in total. The van der Waals surface area contributed by atoms with E-state index in [4.69, 9.17) is 9.16 Å². The molecule has 61 heavy (non-hydrogen) atoms. The fourth-order valence-corrected chi connectivity index (χ4v) is 10.6. The zero-order chi connectivity index (χ0) is 43.2. The second-order valence-electron chi connectivity index (χ2n) is 17.2. The molecule has 0 radical (unpaired) electrons. The van der Waals surface area contributed by atoms with Crippen molar-refractivity contribution in [3.8, 4) is 11.5 Å². The molecule has 3 aliphatic heterocycles. The highest BCUT2D eigenvalue weighted by Crippen LogP contribution is 2.37. The SMILES string of the molecule is C1CCOC1.CC(C)(C)[Si](C)(C)Oc1ccc(NS(=O)(=O)C2CCN(Cc3ccccc3)CC2)nc1.Cl.O=S(=O)(Nc1ccc(O)cn1)C1CCN(Cc2ccccc2)CC1. The Morgan fingerprint density at radius 2 is 1.11 bits per heavy atom. The number of aromatic hydroxyl groups is 1. The van der Waals surface area contributed by atoms with Gasteiger partial charge in [-0.3, -0.25) is 19.2 Å². The normalized spacial score (nSPS) is 17.1. The smallest absolute Gasteiger partial charge is 0.250 e. The standard InChI is InChI=1S/C23H35N3O3SSi.C17H21N3O3S.C4H8O.ClH/c1-23(2,3)31(4,5)29-20-11-12-22(24-17-20)25-30(27,28)21-13-15-26(16-14-21)18-19-9-7-6-8-10-19;21-15-6-7-17(18-12-15)19-24(22,23)16-8-10-20(11-9-16)13-14-4-2-1-3-5-14;1-2-4-5-3-1;/h6-12,17,21H,13-16,18H2,1-5H3,(H,24,25);1-7,12,16,21H,8-11,13H2,(H,18,19);1-4H2;1H. The molecule has 17 heteroatoms. The van der Waals surface area contributed by atoms with Crippen LogP contribution in [-0.2, 0) is 37.9 Å². The van der Waals surface area contributed by atoms with Gasteiger partial charge in [-0.25, -0.2) is 26.8 Å². The molecule has 2 aromatic heterocycles. The number of pyridine rings is 2. The topological polar surface area (TPSA) is 163 Å². The van der Waals surface area contributed by atoms with Crippen LogP contribution in [0.4, 0.5) is 11.6 Å². The Bertz CT molecular complexity index is 2090. The molecule has 0 unspecified atom stereocenters. The Labute approximate surface area is 371 Å². The van der Waals surface area contributed by atoms with Crippen molar-refractivity contribution in [2.75, 3.05) is 48.8 Å². The van der Waals surface area contributed by atoms with Crippen LogP contribution in [0.5, 0.6) is 11.5 Å². The number of halogens is 1. The first-order valence-electron chi connectivity index (χ1n) is 20.9. The van der Waals surface area contributed by atoms with Crippen LogP contribution in [0.3, 0.4) is 0 Å². The lowest BCUT2D eigenvalue weighted by atomic mass is 10.1. The average Bonchev–Trinajstić information content (AvgIpc) is 3.81. The molecule has 336 valence electrons. The van der Waals surface area contributed by atoms with Crippen LogP contribution in [0, 0.1) is 0 Å². The number of sulfonamides is 2. The Balaban J connectivity index is 0.000000242. The van der Waals surface area contributed by atoms with E-state index in [9.17, 15) is 21.9 Å². The number of ether oxygens (including phenoxy) is 1. The van der Waals surface area contributed by atoms with Crippen LogP contribution >= 0.6 is 12.4 Å². The molecule has 0 bridgehead atoms. The maximum atomic E-state index is 12.9. The third kappa shape index (κ3) is 16.1. The van der Waals surface area contributed by atoms with E-state index >= 15 is 0 Å². The van der Waals surface area contributed by atoms with Crippen molar-refractivity contribution in [3.05, 3.63) is 108 Å². The van der Waals surface area contributed by atoms with Gasteiger partial charge in [-0.1, -0.05) is 81.4 Å². The van der Waals surface area contributed by atoms with Crippen molar-refractivity contribution < 1.29 is 31.1 Å². The molecule has 0 amide bonds. The van der Waals surface area contributed by atoms with Crippen LogP contribution < -0.4 is 13.9 Å². The fraction of sp³-hybridized carbons (Fsp3) is 0.500. The predicted molar refractivity (Wildman–Crippen MR) is 250 cm³/mol. The van der Waals surface area contributed by atoms with Gasteiger partial charge in [0.25, 0.3) is 8.32 Å². The average molecular weight is 918 g/mol. The summed E-state index contributed by atoms with van der Waals surface area (Å²) in [5.74, 6) is 1.27. The Morgan fingerprint density at radius 1 is 0.689 bits per heavy atom. The molecule has 2 aromatic carbocycles. The van der Waals surface area contributed by atoms with E-state index in [0.29, 0.717) is 37.3 Å². The van der Waals surface area contributed by atoms with Gasteiger partial charge in [0.1, 0.15) is 23.1 Å². The highest BCUT2D eigenvalue weighted by molar-refractivity contribution is 7.93. The summed E-state index contributed by atoms with van der Waals surface area (Å²) in [7, 11) is -8.90. The molecule has 0 saturated carbocycles. The van der Waals surface area contributed by atoms with E-state index in [0.717, 1.165) is 52.5 Å². The van der Waals surface area contributed by atoms with Gasteiger partial charge >= 0.3 is 0 Å². The number of benzene rings is 2. The molecular formula is C44H65ClN6O7S2Si. The second-order valence-corrected chi connectivity index (χ2v) is 25.8. The van der Waals surface area contributed by atoms with Gasteiger partial charge in [-0.15, -0.1) is 12.4 Å². The molecular weight excluding hydrogens is 852 g/mol. The van der Waals surface area contributed by atoms with E-state index in [1.54, 1.807) is 18.3 Å². The Hall–Kier alpha value is -3.77. The van der Waals surface area contributed by atoms with Crippen molar-refractivity contribution in [1.82, 2.24) is 19.8 Å². The van der Waals surface area contributed by atoms with Gasteiger partial charge in [0.05, 0.1) is 22.9 Å². The summed E-state index contributed by atoms with van der Waals surface area (Å²) in [5.41, 5.74) is 2.50. The second kappa shape index (κ2) is 23.1. The lowest BCUT2D eigenvalue weighted by molar-refractivity contribution is 0.198. The number of anilines is 2. The highest BCUT2D eigenvalue weighted by Gasteiger charge is 2.39. The van der Waals surface area contributed by atoms with Crippen molar-refractivity contribution in [1.29, 1.82) is 0 Å². The summed E-state index contributed by atoms with van der Waals surface area (Å²) < 4.78 is 67.0. The van der Waals surface area contributed by atoms with E-state index < -0.39 is 38.9 Å². The summed E-state index contributed by atoms with van der Waals surface area (Å²) in [6.07, 6.45) is 7.82. The van der Waals surface area contributed by atoms with E-state index in [1.807, 2.05) is 36.4 Å². The molecule has 0 aliphatic carbocycles. The predicted octanol–water partition coefficient (Wildman–Crippen LogP) is 8.28. The zero-order valence-electron chi connectivity index (χ0n) is 36.2. The molecule has 3 aliphatic rings. The lowest BCUT2D eigenvalue weighted by Gasteiger charge is -2.36. The molecule has 0 atom stereocenters. The van der Waals surface area contributed by atoms with Crippen LogP contribution in [0.2, 0.25) is 18.1 Å². The number of piperidine rings is 2. The Morgan fingerprint density at radius 3 is 1.46 bits per heavy atom. The third-order valence-corrected chi connectivity index (χ3v) is 19.5. The number of nitrogens with one attached hydrogen (secondary N) is 2. The van der Waals surface area contributed by atoms with Gasteiger partial charge < -0.3 is 14.3 Å². The van der Waals surface area contributed by atoms with Crippen LogP contribution in [-0.4, -0.2) is 99.9 Å². The maximum absolute atomic E-state index is 12.9. The summed E-state index contributed by atoms with van der Waals surface area (Å²) in [5, 5.41) is 8.48. The first-order chi connectivity index (χ1) is 28.5. The summed E-state index contributed by atoms with van der Waals surface area (Å²) in [6.45, 7) is 17.6. The summed E-state index contributed by atoms with van der Waals surface area (Å²) in [6, 6.07) is 26.8. The number of hydrogen-bond acceptors (Lipinski definition) is 11. The molecule has 4 aromatic rings. The minimum atomic E-state index is -3.48. The molecule has 3 fully saturated rings. The highest BCUT2D eigenvalue weighted by atomic mass is 35.5. The van der Waals surface area contributed by atoms with Gasteiger partial charge in [0, 0.05) is 26.3 Å². The quantitative estimate of drug-likeness (QED) is 0.117. The molecule has 3 saturated heterocycles. The van der Waals surface area contributed by atoms with E-state index in [2.05, 4.69) is 87.3 Å². The molecule has 5 heterocycles. The maximum Gasteiger partial charge on any atom is 0.250 e. The zero-order valence-corrected chi connectivity index (χ0v) is 39.7. The lowest BCUT2D eigenvalue weighted by Crippen LogP contribution is -2.43. The minimum absolute atomic E-state index is 0. The van der Waals surface area contributed by atoms with Crippen LogP contribution in [0.15, 0.2) is 97.3 Å². The van der Waals surface area contributed by atoms with E-state index in [-0.39, 0.29) is 29.0 Å². The number of likely N-dealkylation sites (tertiary alicyclic amines) is 2. The monoisotopic (exact) mass is 916 g/mol. The summed E-state index contributed by atoms with van der Waals surface area (Å²) in [4.78, 5) is 12.8. The largest absolute Gasteiger partial charge is 0.542 e. The third-order valence-electron chi connectivity index (χ3n) is 11.4. The molecule has 0 spiro atoms. The molecule has 7 rings (SSSR count). The molecule has 3 N–H and O–H groups in total. The first kappa shape index (κ1) is 49.9. The number of aromatic nitrogens is 2. The summed E-state index contributed by atoms with van der Waals surface area (Å²) >= 11 is 0.